The number of rotatable bonds is 13. The summed E-state index contributed by atoms with van der Waals surface area (Å²) in [4.78, 5) is 52.4. The van der Waals surface area contributed by atoms with Crippen molar-refractivity contribution in [1.82, 2.24) is 19.5 Å². The number of carbonyl (C=O) groups is 1. The Balaban J connectivity index is 1.28. The number of hydrogen-bond acceptors (Lipinski definition) is 18. The number of hydrogen-bond donors (Lipinski definition) is 8. The van der Waals surface area contributed by atoms with Crippen molar-refractivity contribution in [3.63, 3.8) is 0 Å². The summed E-state index contributed by atoms with van der Waals surface area (Å²) in [6, 6.07) is 2.80. The molecule has 3 aromatic heterocycles. The van der Waals surface area contributed by atoms with Crippen molar-refractivity contribution >= 4 is 46.4 Å². The molecule has 24 nitrogen and oxygen atoms in total. The molecule has 0 bridgehead atoms. The largest absolute Gasteiger partial charge is 0.485 e. The van der Waals surface area contributed by atoms with Gasteiger partial charge in [-0.1, -0.05) is 0 Å². The van der Waals surface area contributed by atoms with Gasteiger partial charge < -0.3 is 50.9 Å². The summed E-state index contributed by atoms with van der Waals surface area (Å²) in [7, 11) is -15.3. The Bertz CT molecular complexity index is 1810. The normalized spacial score (nSPS) is 30.3. The van der Waals surface area contributed by atoms with Crippen LogP contribution in [0.5, 0.6) is 0 Å². The van der Waals surface area contributed by atoms with E-state index in [9.17, 15) is 48.5 Å². The van der Waals surface area contributed by atoms with Gasteiger partial charge in [0.1, 0.15) is 41.8 Å². The molecule has 264 valence electrons. The van der Waals surface area contributed by atoms with Crippen LogP contribution in [0.25, 0.3) is 11.2 Å². The van der Waals surface area contributed by atoms with Crippen LogP contribution in [0.3, 0.4) is 0 Å². The van der Waals surface area contributed by atoms with E-state index < -0.39 is 85.2 Å². The number of nitrogens with zero attached hydrogens (tertiary/aromatic N) is 5. The molecule has 2 aliphatic heterocycles. The number of phosphoric ester groups is 3. The molecular weight excluding hydrogens is 715 g/mol. The lowest BCUT2D eigenvalue weighted by Gasteiger charge is -2.23. The summed E-state index contributed by atoms with van der Waals surface area (Å²) in [6.45, 7) is -0.941. The number of amides is 1. The van der Waals surface area contributed by atoms with Gasteiger partial charge in [-0.05, 0) is 6.07 Å². The minimum atomic E-state index is -5.46. The van der Waals surface area contributed by atoms with Gasteiger partial charge in [0.25, 0.3) is 12.1 Å². The van der Waals surface area contributed by atoms with Crippen molar-refractivity contribution in [3.8, 4) is 0 Å². The molecule has 0 saturated carbocycles. The number of aliphatic hydroxyl groups is 3. The van der Waals surface area contributed by atoms with E-state index in [2.05, 4.69) is 28.3 Å². The minimum absolute atomic E-state index is 0.0344. The van der Waals surface area contributed by atoms with Gasteiger partial charge in [-0.2, -0.15) is 8.88 Å². The first-order chi connectivity index (χ1) is 22.4. The lowest BCUT2D eigenvalue weighted by molar-refractivity contribution is -0.765. The molecule has 1 amide bonds. The summed E-state index contributed by atoms with van der Waals surface area (Å²) >= 11 is 0. The Morgan fingerprint density at radius 1 is 1.06 bits per heavy atom. The molecule has 2 fully saturated rings. The number of imidazole rings is 1. The van der Waals surface area contributed by atoms with Crippen LogP contribution < -0.4 is 16.0 Å². The van der Waals surface area contributed by atoms with E-state index >= 15 is 0 Å². The molecule has 0 aliphatic carbocycles. The van der Waals surface area contributed by atoms with Crippen molar-refractivity contribution in [3.05, 3.63) is 42.7 Å². The highest BCUT2D eigenvalue weighted by Crippen LogP contribution is 2.64. The Labute approximate surface area is 268 Å². The Hall–Kier alpha value is -2.86. The fourth-order valence-corrected chi connectivity index (χ4v) is 7.73. The maximum Gasteiger partial charge on any atom is 0.485 e. The topological polar surface area (TPSA) is 354 Å². The van der Waals surface area contributed by atoms with Gasteiger partial charge in [-0.25, -0.2) is 28.6 Å². The number of phosphoric acid groups is 3. The second-order valence-corrected chi connectivity index (χ2v) is 14.6. The second kappa shape index (κ2) is 13.8. The molecule has 5 heterocycles. The van der Waals surface area contributed by atoms with Crippen LogP contribution in [0.15, 0.2) is 37.2 Å². The average molecular weight is 744 g/mol. The summed E-state index contributed by atoms with van der Waals surface area (Å²) in [5, 5.41) is 31.7. The van der Waals surface area contributed by atoms with E-state index in [1.54, 1.807) is 0 Å². The van der Waals surface area contributed by atoms with E-state index in [0.717, 1.165) is 17.2 Å². The van der Waals surface area contributed by atoms with Crippen molar-refractivity contribution in [2.24, 2.45) is 5.73 Å². The first kappa shape index (κ1) is 36.4. The van der Waals surface area contributed by atoms with E-state index in [4.69, 9.17) is 30.0 Å². The molecule has 27 heteroatoms. The third-order valence-corrected chi connectivity index (χ3v) is 10.4. The first-order valence-corrected chi connectivity index (χ1v) is 17.8. The maximum atomic E-state index is 13.3. The van der Waals surface area contributed by atoms with Gasteiger partial charge in [0.15, 0.2) is 42.5 Å². The number of anilines is 1. The lowest BCUT2D eigenvalue weighted by Crippen LogP contribution is -2.46. The molecule has 10 atom stereocenters. The van der Waals surface area contributed by atoms with Gasteiger partial charge in [-0.15, -0.1) is 0 Å². The van der Waals surface area contributed by atoms with Gasteiger partial charge in [0.05, 0.1) is 12.9 Å². The van der Waals surface area contributed by atoms with Gasteiger partial charge in [0.2, 0.25) is 0 Å². The van der Waals surface area contributed by atoms with Crippen LogP contribution in [0.4, 0.5) is 5.82 Å². The zero-order chi connectivity index (χ0) is 35.2. The van der Waals surface area contributed by atoms with E-state index in [0.29, 0.717) is 7.11 Å². The summed E-state index contributed by atoms with van der Waals surface area (Å²) in [6.07, 6.45) is -9.37. The Morgan fingerprint density at radius 2 is 1.79 bits per heavy atom. The fraction of sp³-hybridized carbons (Fsp3) is 0.476. The van der Waals surface area contributed by atoms with Crippen LogP contribution in [-0.2, 0) is 45.6 Å². The van der Waals surface area contributed by atoms with Gasteiger partial charge >= 0.3 is 23.5 Å². The number of nitrogens with two attached hydrogens (primary N) is 2. The number of aromatic nitrogens is 5. The number of nitrogen functional groups attached to an aromatic ring is 1. The highest BCUT2D eigenvalue weighted by molar-refractivity contribution is 7.61. The molecule has 3 aromatic rings. The number of primary amides is 1. The smallest absolute Gasteiger partial charge is 0.387 e. The van der Waals surface area contributed by atoms with Crippen molar-refractivity contribution < 1.29 is 84.9 Å². The third kappa shape index (κ3) is 7.79. The van der Waals surface area contributed by atoms with Crippen molar-refractivity contribution in [1.29, 1.82) is 0 Å². The fourth-order valence-electron chi connectivity index (χ4n) is 4.71. The van der Waals surface area contributed by atoms with Crippen molar-refractivity contribution in [2.45, 2.75) is 49.3 Å². The summed E-state index contributed by atoms with van der Waals surface area (Å²) in [5.41, 5.74) is 11.1. The van der Waals surface area contributed by atoms with Crippen LogP contribution in [0, 0.1) is 0 Å². The number of fused-ring (bicyclic) bond motifs is 1. The predicted octanol–water partition coefficient (Wildman–Crippen LogP) is -2.29. The number of ether oxygens (including phenoxy) is 2. The molecule has 10 N–H and O–H groups in total. The van der Waals surface area contributed by atoms with Crippen LogP contribution in [-0.4, -0.2) is 106 Å². The molecule has 0 aromatic carbocycles. The maximum absolute atomic E-state index is 13.3. The van der Waals surface area contributed by atoms with Crippen LogP contribution in [0.2, 0.25) is 0 Å². The number of pyridine rings is 1. The quantitative estimate of drug-likeness (QED) is 0.0674. The number of aliphatic hydroxyl groups excluding tert-OH is 3. The Kier molecular flexibility index (Phi) is 10.5. The second-order valence-electron chi connectivity index (χ2n) is 10.1. The van der Waals surface area contributed by atoms with Crippen LogP contribution >= 0.6 is 23.5 Å². The standard InChI is InChI=1S/C21H28N7O17P3/c1-39-48(38,45-47(36,37)40-6-10-12(29)13(30)19(41-10)27-4-2-3-9(5-27)17(23)32)44-21-14(31)15(43-46(33,34)35)20(42-21)28-8-26-11-16(22)24-7-25-18(11)28/h2-5,7-8,10,12-15,19-21,29-31H,6H2,1H3,(H6-,22,23,24,25,32,33,34,35,36,37)/p+1/t10-,12-,13-,14-,15-,19-,20-,21-,48?/m1/s1. The van der Waals surface area contributed by atoms with E-state index in [1.165, 1.54) is 29.1 Å². The van der Waals surface area contributed by atoms with Gasteiger partial charge in [-0.3, -0.25) is 27.5 Å². The molecule has 0 spiro atoms. The Morgan fingerprint density at radius 3 is 2.46 bits per heavy atom. The minimum Gasteiger partial charge on any atom is -0.387 e. The molecule has 0 radical (unpaired) electrons. The summed E-state index contributed by atoms with van der Waals surface area (Å²) < 4.78 is 74.9. The predicted molar refractivity (Wildman–Crippen MR) is 150 cm³/mol. The van der Waals surface area contributed by atoms with E-state index in [-0.39, 0.29) is 22.5 Å². The van der Waals surface area contributed by atoms with Crippen molar-refractivity contribution in [2.75, 3.05) is 19.5 Å². The zero-order valence-corrected chi connectivity index (χ0v) is 26.9. The number of carbonyl (C=O) groups excluding carboxylic acids is 1. The highest BCUT2D eigenvalue weighted by Gasteiger charge is 2.54. The molecule has 48 heavy (non-hydrogen) atoms. The molecular formula is C21H29N7O17P3+. The molecule has 2 aliphatic rings. The highest BCUT2D eigenvalue weighted by atomic mass is 31.3. The van der Waals surface area contributed by atoms with Crippen LogP contribution in [0.1, 0.15) is 22.8 Å². The monoisotopic (exact) mass is 744 g/mol. The first-order valence-electron chi connectivity index (χ1n) is 13.3. The van der Waals surface area contributed by atoms with Gasteiger partial charge in [0, 0.05) is 13.2 Å². The molecule has 2 saturated heterocycles. The summed E-state index contributed by atoms with van der Waals surface area (Å²) in [5.74, 6) is -0.864. The molecule has 5 rings (SSSR count). The SMILES string of the molecule is COP(=O)(O[C@H]1O[C@@H](n2cnc3c(N)ncnc32)[C@H](OP(=O)(O)O)[C@H]1O)OP(=O)(O)OC[C@H]1O[C@@H]([n+]2cccc(C(N)=O)c2)[C@H](O)[C@@H]1O. The lowest BCUT2D eigenvalue weighted by atomic mass is 10.1. The average Bonchev–Trinajstić information content (AvgIpc) is 3.66. The van der Waals surface area contributed by atoms with E-state index in [1.807, 2.05) is 0 Å². The third-order valence-electron chi connectivity index (χ3n) is 6.89. The zero-order valence-electron chi connectivity index (χ0n) is 24.2. The molecule has 2 unspecified atom stereocenters.